The highest BCUT2D eigenvalue weighted by Crippen LogP contribution is 2.29. The Hall–Kier alpha value is -2.14. The lowest BCUT2D eigenvalue weighted by atomic mass is 10.1. The summed E-state index contributed by atoms with van der Waals surface area (Å²) >= 11 is 4.93. The Morgan fingerprint density at radius 2 is 1.95 bits per heavy atom. The molecule has 0 fully saturated rings. The zero-order chi connectivity index (χ0) is 13.8. The Balaban J connectivity index is 2.41. The third-order valence-corrected chi connectivity index (χ3v) is 2.84. The molecule has 0 aromatic heterocycles. The monoisotopic (exact) mass is 276 g/mol. The molecule has 0 bridgehead atoms. The number of anilines is 2. The van der Waals surface area contributed by atoms with Gasteiger partial charge in [0.15, 0.2) is 0 Å². The maximum atomic E-state index is 13.2. The van der Waals surface area contributed by atoms with Crippen molar-refractivity contribution in [1.82, 2.24) is 0 Å². The van der Waals surface area contributed by atoms with Crippen LogP contribution in [0.2, 0.25) is 0 Å². The molecule has 0 heterocycles. The second kappa shape index (κ2) is 5.67. The van der Waals surface area contributed by atoms with Gasteiger partial charge < -0.3 is 15.8 Å². The second-order valence-corrected chi connectivity index (χ2v) is 4.32. The van der Waals surface area contributed by atoms with Crippen LogP contribution >= 0.6 is 12.2 Å². The predicted octanol–water partition coefficient (Wildman–Crippen LogP) is 3.21. The number of methoxy groups -OCH3 is 1. The van der Waals surface area contributed by atoms with E-state index in [0.29, 0.717) is 17.0 Å². The summed E-state index contributed by atoms with van der Waals surface area (Å²) in [5.74, 6) is 0.300. The van der Waals surface area contributed by atoms with Crippen LogP contribution in [0.3, 0.4) is 0 Å². The first-order chi connectivity index (χ1) is 9.11. The number of thiocarbonyl (C=S) groups is 1. The molecule has 0 aliphatic rings. The topological polar surface area (TPSA) is 47.3 Å². The average molecular weight is 276 g/mol. The van der Waals surface area contributed by atoms with Gasteiger partial charge in [-0.25, -0.2) is 4.39 Å². The van der Waals surface area contributed by atoms with Crippen molar-refractivity contribution >= 4 is 28.6 Å². The standard InChI is InChI=1S/C14H13FN2OS/c1-18-13-5-3-2-4-12(13)17-11-7-6-9(15)8-10(11)14(16)19/h2-8,17H,1H3,(H2,16,19). The maximum absolute atomic E-state index is 13.2. The molecule has 3 nitrogen and oxygen atoms in total. The van der Waals surface area contributed by atoms with E-state index < -0.39 is 0 Å². The number of halogens is 1. The number of nitrogens with one attached hydrogen (secondary N) is 1. The summed E-state index contributed by atoms with van der Waals surface area (Å²) in [7, 11) is 1.58. The van der Waals surface area contributed by atoms with Crippen molar-refractivity contribution in [3.05, 3.63) is 53.8 Å². The third-order valence-electron chi connectivity index (χ3n) is 2.62. The molecule has 0 saturated heterocycles. The number of ether oxygens (including phenoxy) is 1. The number of rotatable bonds is 4. The fourth-order valence-corrected chi connectivity index (χ4v) is 1.89. The summed E-state index contributed by atoms with van der Waals surface area (Å²) in [5.41, 5.74) is 7.46. The normalized spacial score (nSPS) is 10.0. The van der Waals surface area contributed by atoms with Gasteiger partial charge in [-0.05, 0) is 30.3 Å². The highest BCUT2D eigenvalue weighted by Gasteiger charge is 2.09. The lowest BCUT2D eigenvalue weighted by Gasteiger charge is -2.14. The first kappa shape index (κ1) is 13.3. The zero-order valence-electron chi connectivity index (χ0n) is 10.3. The second-order valence-electron chi connectivity index (χ2n) is 3.88. The van der Waals surface area contributed by atoms with E-state index in [0.717, 1.165) is 5.69 Å². The minimum atomic E-state index is -0.381. The SMILES string of the molecule is COc1ccccc1Nc1ccc(F)cc1C(N)=S. The van der Waals surface area contributed by atoms with E-state index in [1.165, 1.54) is 12.1 Å². The van der Waals surface area contributed by atoms with Crippen LogP contribution in [0.25, 0.3) is 0 Å². The number of para-hydroxylation sites is 2. The van der Waals surface area contributed by atoms with Crippen LogP contribution in [0, 0.1) is 5.82 Å². The zero-order valence-corrected chi connectivity index (χ0v) is 11.1. The molecule has 3 N–H and O–H groups in total. The van der Waals surface area contributed by atoms with Gasteiger partial charge in [-0.2, -0.15) is 0 Å². The average Bonchev–Trinajstić information content (AvgIpc) is 2.41. The summed E-state index contributed by atoms with van der Waals surface area (Å²) < 4.78 is 18.5. The molecule has 0 spiro atoms. The number of nitrogens with two attached hydrogens (primary N) is 1. The Labute approximate surface area is 116 Å². The van der Waals surface area contributed by atoms with Crippen molar-refractivity contribution in [2.75, 3.05) is 12.4 Å². The minimum Gasteiger partial charge on any atom is -0.495 e. The number of hydrogen-bond acceptors (Lipinski definition) is 3. The lowest BCUT2D eigenvalue weighted by Crippen LogP contribution is -2.12. The molecule has 0 saturated carbocycles. The van der Waals surface area contributed by atoms with Crippen molar-refractivity contribution in [2.24, 2.45) is 5.73 Å². The van der Waals surface area contributed by atoms with Crippen LogP contribution in [0.15, 0.2) is 42.5 Å². The van der Waals surface area contributed by atoms with Crippen molar-refractivity contribution in [3.63, 3.8) is 0 Å². The number of benzene rings is 2. The van der Waals surface area contributed by atoms with Gasteiger partial charge in [-0.1, -0.05) is 24.4 Å². The lowest BCUT2D eigenvalue weighted by molar-refractivity contribution is 0.417. The quantitative estimate of drug-likeness (QED) is 0.842. The first-order valence-electron chi connectivity index (χ1n) is 5.61. The van der Waals surface area contributed by atoms with Crippen molar-refractivity contribution in [1.29, 1.82) is 0 Å². The molecule has 0 atom stereocenters. The number of hydrogen-bond donors (Lipinski definition) is 2. The maximum Gasteiger partial charge on any atom is 0.142 e. The van der Waals surface area contributed by atoms with Gasteiger partial charge in [0, 0.05) is 11.3 Å². The molecule has 98 valence electrons. The molecule has 5 heteroatoms. The van der Waals surface area contributed by atoms with E-state index in [2.05, 4.69) is 5.32 Å². The molecule has 0 amide bonds. The van der Waals surface area contributed by atoms with E-state index in [9.17, 15) is 4.39 Å². The van der Waals surface area contributed by atoms with Crippen LogP contribution in [0.1, 0.15) is 5.56 Å². The summed E-state index contributed by atoms with van der Waals surface area (Å²) in [5, 5.41) is 3.14. The van der Waals surface area contributed by atoms with Crippen molar-refractivity contribution in [3.8, 4) is 5.75 Å². The van der Waals surface area contributed by atoms with Crippen LogP contribution < -0.4 is 15.8 Å². The van der Waals surface area contributed by atoms with E-state index in [4.69, 9.17) is 22.7 Å². The molecule has 19 heavy (non-hydrogen) atoms. The smallest absolute Gasteiger partial charge is 0.142 e. The van der Waals surface area contributed by atoms with Gasteiger partial charge in [0.1, 0.15) is 16.6 Å². The van der Waals surface area contributed by atoms with Gasteiger partial charge in [0.25, 0.3) is 0 Å². The van der Waals surface area contributed by atoms with Gasteiger partial charge >= 0.3 is 0 Å². The molecule has 0 unspecified atom stereocenters. The van der Waals surface area contributed by atoms with Crippen LogP contribution in [0.5, 0.6) is 5.75 Å². The van der Waals surface area contributed by atoms with Crippen LogP contribution in [0.4, 0.5) is 15.8 Å². The Bertz CT molecular complexity index is 616. The molecule has 0 radical (unpaired) electrons. The summed E-state index contributed by atoms with van der Waals surface area (Å²) in [6.07, 6.45) is 0. The Morgan fingerprint density at radius 3 is 2.63 bits per heavy atom. The van der Waals surface area contributed by atoms with Gasteiger partial charge in [-0.15, -0.1) is 0 Å². The Kier molecular flexibility index (Phi) is 3.97. The highest BCUT2D eigenvalue weighted by atomic mass is 32.1. The largest absolute Gasteiger partial charge is 0.495 e. The summed E-state index contributed by atoms with van der Waals surface area (Å²) in [6.45, 7) is 0. The van der Waals surface area contributed by atoms with E-state index in [-0.39, 0.29) is 10.8 Å². The molecular weight excluding hydrogens is 263 g/mol. The van der Waals surface area contributed by atoms with Gasteiger partial charge in [-0.3, -0.25) is 0 Å². The Morgan fingerprint density at radius 1 is 1.21 bits per heavy atom. The highest BCUT2D eigenvalue weighted by molar-refractivity contribution is 7.80. The van der Waals surface area contributed by atoms with E-state index in [1.807, 2.05) is 24.3 Å². The fraction of sp³-hybridized carbons (Fsp3) is 0.0714. The molecule has 2 aromatic carbocycles. The molecule has 2 rings (SSSR count). The fourth-order valence-electron chi connectivity index (χ4n) is 1.72. The van der Waals surface area contributed by atoms with Gasteiger partial charge in [0.05, 0.1) is 12.8 Å². The molecule has 0 aliphatic carbocycles. The van der Waals surface area contributed by atoms with Gasteiger partial charge in [0.2, 0.25) is 0 Å². The van der Waals surface area contributed by atoms with Crippen LogP contribution in [-0.4, -0.2) is 12.1 Å². The minimum absolute atomic E-state index is 0.136. The third kappa shape index (κ3) is 3.00. The van der Waals surface area contributed by atoms with Crippen molar-refractivity contribution in [2.45, 2.75) is 0 Å². The predicted molar refractivity (Wildman–Crippen MR) is 78.6 cm³/mol. The summed E-state index contributed by atoms with van der Waals surface area (Å²) in [4.78, 5) is 0.136. The molecule has 2 aromatic rings. The molecular formula is C14H13FN2OS. The van der Waals surface area contributed by atoms with Crippen molar-refractivity contribution < 1.29 is 9.13 Å². The summed E-state index contributed by atoms with van der Waals surface area (Å²) in [6, 6.07) is 11.7. The molecule has 0 aliphatic heterocycles. The van der Waals surface area contributed by atoms with E-state index >= 15 is 0 Å². The van der Waals surface area contributed by atoms with Crippen LogP contribution in [-0.2, 0) is 0 Å². The van der Waals surface area contributed by atoms with E-state index in [1.54, 1.807) is 13.2 Å². The first-order valence-corrected chi connectivity index (χ1v) is 6.02.